The fourth-order valence-electron chi connectivity index (χ4n) is 5.30. The third-order valence-electron chi connectivity index (χ3n) is 8.02. The second-order valence-corrected chi connectivity index (χ2v) is 12.9. The van der Waals surface area contributed by atoms with Gasteiger partial charge in [-0.05, 0) is 55.5 Å². The van der Waals surface area contributed by atoms with Crippen molar-refractivity contribution < 1.29 is 27.4 Å². The number of nitrogens with zero attached hydrogens (tertiary/aromatic N) is 7. The molecule has 4 heterocycles. The van der Waals surface area contributed by atoms with Crippen LogP contribution in [0.25, 0.3) is 44.8 Å². The highest BCUT2D eigenvalue weighted by atomic mass is 32.2. The molecular formula is C37H30N8O6S. The largest absolute Gasteiger partial charge is 0.493 e. The second kappa shape index (κ2) is 14.5. The molecule has 0 atom stereocenters. The normalized spacial score (nSPS) is 10.9. The molecule has 0 amide bonds. The molecule has 0 aliphatic heterocycles. The molecule has 1 N–H and O–H groups in total. The van der Waals surface area contributed by atoms with Crippen molar-refractivity contribution in [3.05, 3.63) is 102 Å². The molecule has 0 unspecified atom stereocenters. The summed E-state index contributed by atoms with van der Waals surface area (Å²) in [5, 5.41) is 18.6. The summed E-state index contributed by atoms with van der Waals surface area (Å²) in [5.41, 5.74) is 5.62. The van der Waals surface area contributed by atoms with Crippen LogP contribution in [0.3, 0.4) is 0 Å². The predicted molar refractivity (Wildman–Crippen MR) is 192 cm³/mol. The first-order valence-electron chi connectivity index (χ1n) is 15.4. The van der Waals surface area contributed by atoms with Crippen LogP contribution in [0.1, 0.15) is 16.7 Å². The third-order valence-corrected chi connectivity index (χ3v) is 9.69. The Morgan fingerprint density at radius 2 is 1.23 bits per heavy atom. The Hall–Kier alpha value is -6.97. The highest BCUT2D eigenvalue weighted by Crippen LogP contribution is 2.34. The number of hydrogen-bond acceptors (Lipinski definition) is 12. The van der Waals surface area contributed by atoms with E-state index in [9.17, 15) is 13.7 Å². The first-order valence-corrected chi connectivity index (χ1v) is 16.9. The number of benzene rings is 3. The summed E-state index contributed by atoms with van der Waals surface area (Å²) in [6.45, 7) is 1.87. The minimum absolute atomic E-state index is 0.0846. The van der Waals surface area contributed by atoms with Crippen molar-refractivity contribution in [3.63, 3.8) is 0 Å². The summed E-state index contributed by atoms with van der Waals surface area (Å²) < 4.78 is 48.4. The van der Waals surface area contributed by atoms with Gasteiger partial charge in [0.2, 0.25) is 0 Å². The lowest BCUT2D eigenvalue weighted by atomic mass is 10.1. The molecule has 0 radical (unpaired) electrons. The van der Waals surface area contributed by atoms with E-state index in [2.05, 4.69) is 31.0 Å². The van der Waals surface area contributed by atoms with E-state index in [1.165, 1.54) is 31.6 Å². The summed E-state index contributed by atoms with van der Waals surface area (Å²) in [5.74, 6) is 2.34. The van der Waals surface area contributed by atoms with Gasteiger partial charge in [0.15, 0.2) is 34.3 Å². The number of aryl methyl sites for hydroxylation is 1. The quantitative estimate of drug-likeness (QED) is 0.192. The molecule has 0 fully saturated rings. The third kappa shape index (κ3) is 6.51. The Morgan fingerprint density at radius 3 is 1.77 bits per heavy atom. The van der Waals surface area contributed by atoms with Crippen molar-refractivity contribution in [1.29, 1.82) is 10.5 Å². The van der Waals surface area contributed by atoms with E-state index < -0.39 is 10.0 Å². The Labute approximate surface area is 298 Å². The average molecular weight is 715 g/mol. The number of nitrogens with one attached hydrogen (secondary N) is 1. The number of nitriles is 2. The standard InChI is InChI=1S/C22H18N4O4S.C15H12N4O2/c1-14-4-7-17(8-5-14)31(27,28)26-13-16(11-23)21-22(26)24-12-18(25-21)15-6-9-19(29-2)20(10-15)30-3;1-20-12-4-3-9(5-13(12)21-2)11-8-18-15-14(19-11)10(6-16)7-17-15/h4-10,12-13H,1-3H3;3-5,7-8H,1-2H3,(H,17,18). The number of ether oxygens (including phenoxy) is 4. The van der Waals surface area contributed by atoms with E-state index in [1.807, 2.05) is 31.2 Å². The van der Waals surface area contributed by atoms with Gasteiger partial charge in [-0.1, -0.05) is 17.7 Å². The molecule has 15 heteroatoms. The summed E-state index contributed by atoms with van der Waals surface area (Å²) in [7, 11) is 2.29. The molecule has 3 aromatic carbocycles. The van der Waals surface area contributed by atoms with Crippen LogP contribution in [0.15, 0.2) is 90.3 Å². The Bertz CT molecular complexity index is 2640. The molecule has 260 valence electrons. The highest BCUT2D eigenvalue weighted by Gasteiger charge is 2.24. The van der Waals surface area contributed by atoms with Gasteiger partial charge >= 0.3 is 0 Å². The zero-order valence-corrected chi connectivity index (χ0v) is 29.4. The summed E-state index contributed by atoms with van der Waals surface area (Å²) in [6.07, 6.45) is 5.97. The van der Waals surface area contributed by atoms with E-state index in [0.717, 1.165) is 15.1 Å². The van der Waals surface area contributed by atoms with Crippen molar-refractivity contribution in [3.8, 4) is 57.7 Å². The van der Waals surface area contributed by atoms with Crippen LogP contribution < -0.4 is 18.9 Å². The number of aromatic amines is 1. The number of rotatable bonds is 8. The monoisotopic (exact) mass is 714 g/mol. The fourth-order valence-corrected chi connectivity index (χ4v) is 6.61. The van der Waals surface area contributed by atoms with E-state index in [0.29, 0.717) is 56.7 Å². The molecule has 0 spiro atoms. The van der Waals surface area contributed by atoms with E-state index in [1.54, 1.807) is 64.1 Å². The number of H-pyrrole nitrogens is 1. The van der Waals surface area contributed by atoms with E-state index in [-0.39, 0.29) is 21.6 Å². The maximum Gasteiger partial charge on any atom is 0.269 e. The molecule has 14 nitrogen and oxygen atoms in total. The maximum absolute atomic E-state index is 13.2. The van der Waals surface area contributed by atoms with Crippen LogP contribution in [0.4, 0.5) is 0 Å². The van der Waals surface area contributed by atoms with Gasteiger partial charge in [-0.3, -0.25) is 0 Å². The summed E-state index contributed by atoms with van der Waals surface area (Å²) in [4.78, 5) is 20.7. The molecule has 52 heavy (non-hydrogen) atoms. The minimum Gasteiger partial charge on any atom is -0.493 e. The number of hydrogen-bond donors (Lipinski definition) is 1. The van der Waals surface area contributed by atoms with E-state index in [4.69, 9.17) is 24.2 Å². The second-order valence-electron chi connectivity index (χ2n) is 11.1. The van der Waals surface area contributed by atoms with Crippen LogP contribution in [0, 0.1) is 29.6 Å². The molecule has 7 rings (SSSR count). The predicted octanol–water partition coefficient (Wildman–Crippen LogP) is 6.05. The molecule has 0 bridgehead atoms. The van der Waals surface area contributed by atoms with Crippen molar-refractivity contribution in [1.82, 2.24) is 28.9 Å². The lowest BCUT2D eigenvalue weighted by Crippen LogP contribution is -2.12. The zero-order valence-electron chi connectivity index (χ0n) is 28.6. The van der Waals surface area contributed by atoms with E-state index >= 15 is 0 Å². The van der Waals surface area contributed by atoms with Gasteiger partial charge in [-0.25, -0.2) is 32.3 Å². The molecule has 0 aliphatic carbocycles. The molecule has 0 saturated heterocycles. The number of aromatic nitrogens is 6. The lowest BCUT2D eigenvalue weighted by molar-refractivity contribution is 0.355. The van der Waals surface area contributed by atoms with Gasteiger partial charge in [0.05, 0.1) is 68.2 Å². The first kappa shape index (κ1) is 34.9. The van der Waals surface area contributed by atoms with Gasteiger partial charge < -0.3 is 23.9 Å². The smallest absolute Gasteiger partial charge is 0.269 e. The van der Waals surface area contributed by atoms with Gasteiger partial charge in [-0.15, -0.1) is 0 Å². The first-order chi connectivity index (χ1) is 25.1. The van der Waals surface area contributed by atoms with Gasteiger partial charge in [0.25, 0.3) is 10.0 Å². The molecule has 7 aromatic rings. The SMILES string of the molecule is COc1ccc(-c2cnc3[nH]cc(C#N)c3n2)cc1OC.COc1ccc(-c2cnc3c(n2)c(C#N)cn3S(=O)(=O)c2ccc(C)cc2)cc1OC. The molecular weight excluding hydrogens is 685 g/mol. The van der Waals surface area contributed by atoms with Gasteiger partial charge in [0.1, 0.15) is 23.2 Å². The topological polar surface area (TPSA) is 191 Å². The number of methoxy groups -OCH3 is 4. The lowest BCUT2D eigenvalue weighted by Gasteiger charge is -2.10. The zero-order chi connectivity index (χ0) is 37.0. The van der Waals surface area contributed by atoms with Crippen LogP contribution in [0.2, 0.25) is 0 Å². The van der Waals surface area contributed by atoms with Crippen LogP contribution in [0.5, 0.6) is 23.0 Å². The highest BCUT2D eigenvalue weighted by molar-refractivity contribution is 7.90. The summed E-state index contributed by atoms with van der Waals surface area (Å²) >= 11 is 0. The van der Waals surface area contributed by atoms with Crippen LogP contribution >= 0.6 is 0 Å². The van der Waals surface area contributed by atoms with Gasteiger partial charge in [0, 0.05) is 23.5 Å². The summed E-state index contributed by atoms with van der Waals surface area (Å²) in [6, 6.07) is 21.3. The minimum atomic E-state index is -3.94. The van der Waals surface area contributed by atoms with Crippen molar-refractivity contribution in [2.75, 3.05) is 28.4 Å². The maximum atomic E-state index is 13.2. The van der Waals surface area contributed by atoms with Crippen molar-refractivity contribution in [2.24, 2.45) is 0 Å². The van der Waals surface area contributed by atoms with Crippen molar-refractivity contribution in [2.45, 2.75) is 11.8 Å². The average Bonchev–Trinajstić information content (AvgIpc) is 3.78. The van der Waals surface area contributed by atoms with Crippen LogP contribution in [-0.2, 0) is 10.0 Å². The molecule has 0 aliphatic rings. The molecule has 0 saturated carbocycles. The van der Waals surface area contributed by atoms with Gasteiger partial charge in [-0.2, -0.15) is 10.5 Å². The Balaban J connectivity index is 0.000000192. The fraction of sp³-hybridized carbons (Fsp3) is 0.135. The van der Waals surface area contributed by atoms with Crippen LogP contribution in [-0.4, -0.2) is 65.7 Å². The van der Waals surface area contributed by atoms with Crippen molar-refractivity contribution >= 4 is 32.4 Å². The Kier molecular flexibility index (Phi) is 9.71. The number of fused-ring (bicyclic) bond motifs is 2. The Morgan fingerprint density at radius 1 is 0.692 bits per heavy atom. The molecule has 4 aromatic heterocycles.